The summed E-state index contributed by atoms with van der Waals surface area (Å²) in [5.74, 6) is 1.77. The van der Waals surface area contributed by atoms with Crippen LogP contribution >= 0.6 is 0 Å². The number of nitrogens with one attached hydrogen (secondary N) is 1. The average molecular weight is 240 g/mol. The molecule has 0 radical (unpaired) electrons. The van der Waals surface area contributed by atoms with Gasteiger partial charge in [-0.1, -0.05) is 13.8 Å². The molecular formula is C14H28N2O. The molecule has 0 aliphatic carbocycles. The van der Waals surface area contributed by atoms with Crippen LogP contribution in [0.25, 0.3) is 0 Å². The van der Waals surface area contributed by atoms with E-state index < -0.39 is 0 Å². The molecule has 1 N–H and O–H groups in total. The van der Waals surface area contributed by atoms with Crippen LogP contribution in [-0.4, -0.2) is 50.3 Å². The number of ether oxygens (including phenoxy) is 1. The largest absolute Gasteiger partial charge is 0.377 e. The van der Waals surface area contributed by atoms with Crippen molar-refractivity contribution in [3.8, 4) is 0 Å². The molecule has 100 valence electrons. The summed E-state index contributed by atoms with van der Waals surface area (Å²) in [6.45, 7) is 11.6. The summed E-state index contributed by atoms with van der Waals surface area (Å²) in [7, 11) is 0. The van der Waals surface area contributed by atoms with E-state index in [-0.39, 0.29) is 0 Å². The first-order valence-electron chi connectivity index (χ1n) is 7.30. The van der Waals surface area contributed by atoms with Crippen LogP contribution in [0.3, 0.4) is 0 Å². The standard InChI is InChI=1S/C14H28N2O/c1-12(2)13-5-7-16(11-13)8-6-15-10-14-4-3-9-17-14/h12-15H,3-11H2,1-2H3. The van der Waals surface area contributed by atoms with Crippen molar-refractivity contribution >= 4 is 0 Å². The van der Waals surface area contributed by atoms with Crippen LogP contribution in [-0.2, 0) is 4.74 Å². The molecule has 0 spiro atoms. The van der Waals surface area contributed by atoms with Gasteiger partial charge < -0.3 is 15.0 Å². The highest BCUT2D eigenvalue weighted by molar-refractivity contribution is 4.78. The van der Waals surface area contributed by atoms with Gasteiger partial charge in [0.15, 0.2) is 0 Å². The SMILES string of the molecule is CC(C)C1CCN(CCNCC2CCCO2)C1. The van der Waals surface area contributed by atoms with Gasteiger partial charge >= 0.3 is 0 Å². The van der Waals surface area contributed by atoms with Gasteiger partial charge in [-0.15, -0.1) is 0 Å². The first-order chi connectivity index (χ1) is 8.25. The maximum atomic E-state index is 5.60. The van der Waals surface area contributed by atoms with Gasteiger partial charge in [-0.05, 0) is 37.6 Å². The van der Waals surface area contributed by atoms with Gasteiger partial charge in [0, 0.05) is 32.8 Å². The molecule has 3 heteroatoms. The van der Waals surface area contributed by atoms with Crippen LogP contribution in [0.5, 0.6) is 0 Å². The van der Waals surface area contributed by atoms with Gasteiger partial charge in [0.1, 0.15) is 0 Å². The second-order valence-corrected chi connectivity index (χ2v) is 5.93. The molecule has 2 unspecified atom stereocenters. The predicted molar refractivity (Wildman–Crippen MR) is 71.2 cm³/mol. The monoisotopic (exact) mass is 240 g/mol. The molecule has 0 aromatic rings. The molecule has 2 aliphatic heterocycles. The molecule has 2 heterocycles. The highest BCUT2D eigenvalue weighted by Crippen LogP contribution is 2.22. The van der Waals surface area contributed by atoms with E-state index in [9.17, 15) is 0 Å². The van der Waals surface area contributed by atoms with Crippen LogP contribution in [0.2, 0.25) is 0 Å². The summed E-state index contributed by atoms with van der Waals surface area (Å²) in [6.07, 6.45) is 4.36. The summed E-state index contributed by atoms with van der Waals surface area (Å²) in [4.78, 5) is 2.60. The summed E-state index contributed by atoms with van der Waals surface area (Å²) >= 11 is 0. The fourth-order valence-electron chi connectivity index (χ4n) is 2.92. The van der Waals surface area contributed by atoms with Gasteiger partial charge in [0.2, 0.25) is 0 Å². The fourth-order valence-corrected chi connectivity index (χ4v) is 2.92. The van der Waals surface area contributed by atoms with Crippen molar-refractivity contribution in [3.05, 3.63) is 0 Å². The first-order valence-corrected chi connectivity index (χ1v) is 7.30. The molecule has 0 saturated carbocycles. The Kier molecular flexibility index (Phi) is 5.26. The predicted octanol–water partition coefficient (Wildman–Crippen LogP) is 1.73. The minimum Gasteiger partial charge on any atom is -0.377 e. The smallest absolute Gasteiger partial charge is 0.0700 e. The first kappa shape index (κ1) is 13.3. The van der Waals surface area contributed by atoms with Gasteiger partial charge in [0.25, 0.3) is 0 Å². The van der Waals surface area contributed by atoms with Gasteiger partial charge in [-0.3, -0.25) is 0 Å². The Hall–Kier alpha value is -0.120. The van der Waals surface area contributed by atoms with E-state index in [1.54, 1.807) is 0 Å². The van der Waals surface area contributed by atoms with Crippen molar-refractivity contribution in [2.45, 2.75) is 39.2 Å². The van der Waals surface area contributed by atoms with Crippen molar-refractivity contribution in [1.29, 1.82) is 0 Å². The molecule has 2 fully saturated rings. The van der Waals surface area contributed by atoms with Gasteiger partial charge in [-0.25, -0.2) is 0 Å². The van der Waals surface area contributed by atoms with Crippen molar-refractivity contribution in [3.63, 3.8) is 0 Å². The van der Waals surface area contributed by atoms with Crippen molar-refractivity contribution in [2.24, 2.45) is 11.8 Å². The van der Waals surface area contributed by atoms with E-state index in [0.29, 0.717) is 6.10 Å². The van der Waals surface area contributed by atoms with Crippen LogP contribution < -0.4 is 5.32 Å². The molecular weight excluding hydrogens is 212 g/mol. The third-order valence-electron chi connectivity index (χ3n) is 4.25. The Morgan fingerprint density at radius 3 is 2.88 bits per heavy atom. The highest BCUT2D eigenvalue weighted by atomic mass is 16.5. The third kappa shape index (κ3) is 4.23. The normalized spacial score (nSPS) is 30.5. The van der Waals surface area contributed by atoms with E-state index >= 15 is 0 Å². The summed E-state index contributed by atoms with van der Waals surface area (Å²) < 4.78 is 5.60. The zero-order valence-electron chi connectivity index (χ0n) is 11.5. The molecule has 2 saturated heterocycles. The maximum absolute atomic E-state index is 5.60. The zero-order chi connectivity index (χ0) is 12.1. The molecule has 0 amide bonds. The quantitative estimate of drug-likeness (QED) is 0.716. The second-order valence-electron chi connectivity index (χ2n) is 5.93. The average Bonchev–Trinajstić information content (AvgIpc) is 2.96. The minimum absolute atomic E-state index is 0.483. The second kappa shape index (κ2) is 6.72. The Morgan fingerprint density at radius 1 is 1.35 bits per heavy atom. The third-order valence-corrected chi connectivity index (χ3v) is 4.25. The van der Waals surface area contributed by atoms with Crippen LogP contribution in [0.15, 0.2) is 0 Å². The van der Waals surface area contributed by atoms with E-state index in [4.69, 9.17) is 4.74 Å². The summed E-state index contributed by atoms with van der Waals surface area (Å²) in [5, 5.41) is 3.53. The zero-order valence-corrected chi connectivity index (χ0v) is 11.5. The van der Waals surface area contributed by atoms with E-state index in [1.165, 1.54) is 38.9 Å². The molecule has 2 aliphatic rings. The van der Waals surface area contributed by atoms with Crippen LogP contribution in [0.1, 0.15) is 33.1 Å². The summed E-state index contributed by atoms with van der Waals surface area (Å²) in [5.41, 5.74) is 0. The Balaban J connectivity index is 1.51. The van der Waals surface area contributed by atoms with Crippen molar-refractivity contribution in [1.82, 2.24) is 10.2 Å². The van der Waals surface area contributed by atoms with E-state index in [2.05, 4.69) is 24.1 Å². The Labute approximate surface area is 106 Å². The lowest BCUT2D eigenvalue weighted by Gasteiger charge is -2.18. The Bertz CT molecular complexity index is 214. The van der Waals surface area contributed by atoms with Crippen molar-refractivity contribution in [2.75, 3.05) is 39.3 Å². The number of hydrogen-bond donors (Lipinski definition) is 1. The molecule has 17 heavy (non-hydrogen) atoms. The summed E-state index contributed by atoms with van der Waals surface area (Å²) in [6, 6.07) is 0. The van der Waals surface area contributed by atoms with Gasteiger partial charge in [0.05, 0.1) is 6.10 Å². The lowest BCUT2D eigenvalue weighted by atomic mass is 9.95. The lowest BCUT2D eigenvalue weighted by molar-refractivity contribution is 0.109. The number of rotatable bonds is 6. The number of nitrogens with zero attached hydrogens (tertiary/aromatic N) is 1. The van der Waals surface area contributed by atoms with Crippen LogP contribution in [0.4, 0.5) is 0 Å². The number of hydrogen-bond acceptors (Lipinski definition) is 3. The minimum atomic E-state index is 0.483. The van der Waals surface area contributed by atoms with Crippen LogP contribution in [0, 0.1) is 11.8 Å². The topological polar surface area (TPSA) is 24.5 Å². The van der Waals surface area contributed by atoms with Gasteiger partial charge in [-0.2, -0.15) is 0 Å². The highest BCUT2D eigenvalue weighted by Gasteiger charge is 2.24. The lowest BCUT2D eigenvalue weighted by Crippen LogP contribution is -2.34. The molecule has 0 aromatic carbocycles. The molecule has 0 aromatic heterocycles. The molecule has 2 rings (SSSR count). The molecule has 3 nitrogen and oxygen atoms in total. The van der Waals surface area contributed by atoms with Crippen molar-refractivity contribution < 1.29 is 4.74 Å². The Morgan fingerprint density at radius 2 is 2.24 bits per heavy atom. The molecule has 0 bridgehead atoms. The van der Waals surface area contributed by atoms with E-state index in [0.717, 1.165) is 31.5 Å². The molecule has 2 atom stereocenters. The maximum Gasteiger partial charge on any atom is 0.0700 e. The fraction of sp³-hybridized carbons (Fsp3) is 1.00. The number of likely N-dealkylation sites (tertiary alicyclic amines) is 1. The van der Waals surface area contributed by atoms with E-state index in [1.807, 2.05) is 0 Å².